The maximum Gasteiger partial charge on any atom is 0.283 e. The van der Waals surface area contributed by atoms with Crippen molar-refractivity contribution in [2.75, 3.05) is 0 Å². The molecule has 3 rings (SSSR count). The van der Waals surface area contributed by atoms with Crippen LogP contribution in [0.25, 0.3) is 0 Å². The third kappa shape index (κ3) is 3.89. The van der Waals surface area contributed by atoms with Crippen LogP contribution in [0, 0.1) is 0 Å². The van der Waals surface area contributed by atoms with Crippen LogP contribution in [0.5, 0.6) is 11.5 Å². The van der Waals surface area contributed by atoms with E-state index < -0.39 is 31.9 Å². The van der Waals surface area contributed by atoms with E-state index in [1.54, 1.807) is 0 Å². The highest BCUT2D eigenvalue weighted by atomic mass is 35.5. The zero-order valence-electron chi connectivity index (χ0n) is 14.3. The van der Waals surface area contributed by atoms with Crippen LogP contribution < -0.4 is 0 Å². The molecule has 5 nitrogen and oxygen atoms in total. The quantitative estimate of drug-likeness (QED) is 0.239. The first-order valence-electron chi connectivity index (χ1n) is 7.88. The lowest BCUT2D eigenvalue weighted by molar-refractivity contribution is 0.435. The molecule has 3 N–H and O–H groups in total. The van der Waals surface area contributed by atoms with Crippen LogP contribution in [0.2, 0.25) is 20.1 Å². The number of phenols is 2. The molecule has 152 valence electrons. The average molecular weight is 494 g/mol. The Balaban J connectivity index is 2.60. The number of rotatable bonds is 4. The van der Waals surface area contributed by atoms with Gasteiger partial charge >= 0.3 is 0 Å². The van der Waals surface area contributed by atoms with Crippen molar-refractivity contribution in [2.45, 2.75) is 4.75 Å². The Labute approximate surface area is 186 Å². The van der Waals surface area contributed by atoms with E-state index >= 15 is 0 Å². The van der Waals surface area contributed by atoms with Crippen LogP contribution >= 0.6 is 46.4 Å². The monoisotopic (exact) mass is 492 g/mol. The smallest absolute Gasteiger partial charge is 0.283 e. The van der Waals surface area contributed by atoms with Gasteiger partial charge in [-0.15, -0.1) is 0 Å². The summed E-state index contributed by atoms with van der Waals surface area (Å²) in [6, 6.07) is 11.4. The fourth-order valence-electron chi connectivity index (χ4n) is 3.21. The van der Waals surface area contributed by atoms with Gasteiger partial charge < -0.3 is 10.2 Å². The Bertz CT molecular complexity index is 1180. The molecule has 0 aliphatic rings. The molecule has 29 heavy (non-hydrogen) atoms. The third-order valence-corrected chi connectivity index (χ3v) is 6.78. The zero-order chi connectivity index (χ0) is 21.6. The van der Waals surface area contributed by atoms with Crippen LogP contribution in [-0.2, 0) is 14.9 Å². The van der Waals surface area contributed by atoms with Gasteiger partial charge in [-0.1, -0.05) is 58.5 Å². The summed E-state index contributed by atoms with van der Waals surface area (Å²) >= 11 is 24.1. The number of benzene rings is 3. The Morgan fingerprint density at radius 1 is 0.724 bits per heavy atom. The predicted molar refractivity (Wildman–Crippen MR) is 114 cm³/mol. The van der Waals surface area contributed by atoms with Gasteiger partial charge in [0.15, 0.2) is 4.75 Å². The van der Waals surface area contributed by atoms with Gasteiger partial charge in [0.2, 0.25) is 0 Å². The van der Waals surface area contributed by atoms with E-state index in [0.29, 0.717) is 5.02 Å². The molecule has 0 amide bonds. The van der Waals surface area contributed by atoms with E-state index in [1.165, 1.54) is 42.5 Å². The summed E-state index contributed by atoms with van der Waals surface area (Å²) in [5, 5.41) is 20.8. The van der Waals surface area contributed by atoms with Gasteiger partial charge in [0, 0.05) is 26.7 Å². The molecule has 0 aromatic heterocycles. The molecule has 0 saturated heterocycles. The molecule has 0 aliphatic carbocycles. The van der Waals surface area contributed by atoms with Gasteiger partial charge in [0.05, 0.1) is 5.02 Å². The van der Waals surface area contributed by atoms with Crippen molar-refractivity contribution >= 4 is 56.5 Å². The van der Waals surface area contributed by atoms with E-state index in [1.807, 2.05) is 0 Å². The second kappa shape index (κ2) is 7.87. The van der Waals surface area contributed by atoms with E-state index in [9.17, 15) is 23.2 Å². The lowest BCUT2D eigenvalue weighted by Gasteiger charge is -2.33. The molecule has 0 spiro atoms. The third-order valence-electron chi connectivity index (χ3n) is 4.33. The Morgan fingerprint density at radius 2 is 1.28 bits per heavy atom. The van der Waals surface area contributed by atoms with E-state index in [-0.39, 0.29) is 26.2 Å². The molecule has 0 fully saturated rings. The highest BCUT2D eigenvalue weighted by Gasteiger charge is 2.51. The molecule has 1 unspecified atom stereocenters. The second-order valence-corrected chi connectivity index (χ2v) is 9.42. The largest absolute Gasteiger partial charge is 0.508 e. The van der Waals surface area contributed by atoms with Crippen molar-refractivity contribution in [1.29, 1.82) is 0 Å². The van der Waals surface area contributed by atoms with Gasteiger partial charge in [0.1, 0.15) is 11.5 Å². The van der Waals surface area contributed by atoms with Crippen LogP contribution in [0.15, 0.2) is 54.6 Å². The fourth-order valence-corrected chi connectivity index (χ4v) is 5.36. The summed E-state index contributed by atoms with van der Waals surface area (Å²) in [5.41, 5.74) is -0.484. The van der Waals surface area contributed by atoms with Crippen molar-refractivity contribution in [2.24, 2.45) is 0 Å². The van der Waals surface area contributed by atoms with Crippen LogP contribution in [0.1, 0.15) is 16.7 Å². The molecule has 0 saturated carbocycles. The van der Waals surface area contributed by atoms with Crippen molar-refractivity contribution in [3.05, 3.63) is 91.4 Å². The van der Waals surface area contributed by atoms with Crippen molar-refractivity contribution < 1.29 is 23.2 Å². The highest BCUT2D eigenvalue weighted by Crippen LogP contribution is 2.50. The maximum absolute atomic E-state index is 12.9. The summed E-state index contributed by atoms with van der Waals surface area (Å²) in [6.45, 7) is 0. The minimum Gasteiger partial charge on any atom is -0.508 e. The topological polar surface area (TPSA) is 94.8 Å². The Kier molecular flexibility index (Phi) is 5.98. The molecule has 0 bridgehead atoms. The molecular formula is C19H12Cl4O5S. The van der Waals surface area contributed by atoms with E-state index in [0.717, 1.165) is 12.1 Å². The molecule has 0 heterocycles. The number of phenolic OH excluding ortho intramolecular Hbond substituents is 2. The van der Waals surface area contributed by atoms with Crippen molar-refractivity contribution in [3.8, 4) is 11.5 Å². The summed E-state index contributed by atoms with van der Waals surface area (Å²) in [7, 11) is -5.08. The molecule has 3 aromatic rings. The highest BCUT2D eigenvalue weighted by molar-refractivity contribution is 7.87. The Morgan fingerprint density at radius 3 is 1.79 bits per heavy atom. The minimum absolute atomic E-state index is 0.000278. The van der Waals surface area contributed by atoms with Crippen molar-refractivity contribution in [1.82, 2.24) is 0 Å². The fraction of sp³-hybridized carbons (Fsp3) is 0.0526. The molecule has 3 aromatic carbocycles. The zero-order valence-corrected chi connectivity index (χ0v) is 18.1. The van der Waals surface area contributed by atoms with Gasteiger partial charge in [0.25, 0.3) is 10.1 Å². The summed E-state index contributed by atoms with van der Waals surface area (Å²) in [4.78, 5) is 0. The Hall–Kier alpha value is -1.67. The average Bonchev–Trinajstić information content (AvgIpc) is 2.59. The number of aromatic hydroxyl groups is 2. The molecule has 0 aliphatic heterocycles. The van der Waals surface area contributed by atoms with Gasteiger partial charge in [-0.25, -0.2) is 0 Å². The minimum atomic E-state index is -5.08. The number of hydrogen-bond donors (Lipinski definition) is 3. The SMILES string of the molecule is O=S(=O)(O)C(c1ccc(Cl)cc1)(c1cc(Cl)cc(Cl)c1)c1cc(O)cc(Cl)c1O. The lowest BCUT2D eigenvalue weighted by Crippen LogP contribution is -2.38. The molecular weight excluding hydrogens is 482 g/mol. The lowest BCUT2D eigenvalue weighted by atomic mass is 9.83. The first-order chi connectivity index (χ1) is 13.5. The normalized spacial score (nSPS) is 13.8. The summed E-state index contributed by atoms with van der Waals surface area (Å²) in [6.07, 6.45) is 0. The van der Waals surface area contributed by atoms with Crippen LogP contribution in [-0.4, -0.2) is 23.2 Å². The van der Waals surface area contributed by atoms with E-state index in [2.05, 4.69) is 0 Å². The van der Waals surface area contributed by atoms with Gasteiger partial charge in [-0.2, -0.15) is 8.42 Å². The first-order valence-corrected chi connectivity index (χ1v) is 10.8. The standard InChI is InChI=1S/C19H12Cl4O5S/c20-12-3-1-10(2-4-12)19(29(26,27)28,11-5-13(21)7-14(22)6-11)16-8-15(24)9-17(23)18(16)25/h1-9,24-25H,(H,26,27,28). The van der Waals surface area contributed by atoms with Crippen LogP contribution in [0.4, 0.5) is 0 Å². The number of halogens is 4. The summed E-state index contributed by atoms with van der Waals surface area (Å²) < 4.78 is 33.9. The van der Waals surface area contributed by atoms with Gasteiger partial charge in [-0.05, 0) is 47.5 Å². The maximum atomic E-state index is 12.9. The molecule has 10 heteroatoms. The molecule has 1 atom stereocenters. The van der Waals surface area contributed by atoms with E-state index in [4.69, 9.17) is 46.4 Å². The summed E-state index contributed by atoms with van der Waals surface area (Å²) in [5.74, 6) is -1.09. The van der Waals surface area contributed by atoms with Gasteiger partial charge in [-0.3, -0.25) is 4.55 Å². The first kappa shape index (κ1) is 22.0. The van der Waals surface area contributed by atoms with Crippen LogP contribution in [0.3, 0.4) is 0 Å². The molecule has 0 radical (unpaired) electrons. The predicted octanol–water partition coefficient (Wildman–Crippen LogP) is 5.89. The second-order valence-electron chi connectivity index (χ2n) is 6.15. The van der Waals surface area contributed by atoms with Crippen molar-refractivity contribution in [3.63, 3.8) is 0 Å². The number of hydrogen-bond acceptors (Lipinski definition) is 4.